The van der Waals surface area contributed by atoms with Gasteiger partial charge in [-0.15, -0.1) is 11.5 Å². The van der Waals surface area contributed by atoms with E-state index in [-0.39, 0.29) is 51.4 Å². The summed E-state index contributed by atoms with van der Waals surface area (Å²) < 4.78 is 5.19. The van der Waals surface area contributed by atoms with Gasteiger partial charge in [0.05, 0.1) is 7.11 Å². The Bertz CT molecular complexity index is 442. The van der Waals surface area contributed by atoms with E-state index in [2.05, 4.69) is 11.1 Å². The number of para-hydroxylation sites is 1. The van der Waals surface area contributed by atoms with Crippen LogP contribution in [0.3, 0.4) is 0 Å². The molecule has 2 nitrogen and oxygen atoms in total. The number of pyridine rings is 1. The van der Waals surface area contributed by atoms with Crippen LogP contribution in [0.5, 0.6) is 5.75 Å². The largest absolute Gasteiger partial charge is 1.00 e. The summed E-state index contributed by atoms with van der Waals surface area (Å²) in [6, 6.07) is 8.98. The Labute approximate surface area is 126 Å². The van der Waals surface area contributed by atoms with Crippen molar-refractivity contribution < 1.29 is 56.1 Å². The van der Waals surface area contributed by atoms with E-state index in [0.29, 0.717) is 0 Å². The second-order valence-corrected chi connectivity index (χ2v) is 2.91. The number of hydrogen-bond donors (Lipinski definition) is 0. The van der Waals surface area contributed by atoms with E-state index in [0.717, 1.165) is 22.2 Å². The molecule has 1 aromatic carbocycles. The van der Waals surface area contributed by atoms with Gasteiger partial charge in [-0.05, 0) is 23.8 Å². The molecule has 1 aromatic heterocycles. The fourth-order valence-electron chi connectivity index (χ4n) is 1.42. The van der Waals surface area contributed by atoms with E-state index >= 15 is 0 Å². The summed E-state index contributed by atoms with van der Waals surface area (Å²) in [5.74, 6) is 0.758. The van der Waals surface area contributed by atoms with Gasteiger partial charge in [0, 0.05) is 0 Å². The molecule has 2 rings (SSSR count). The molecule has 0 radical (unpaired) electrons. The van der Waals surface area contributed by atoms with Crippen LogP contribution in [-0.4, -0.2) is 12.1 Å². The first-order valence-corrected chi connectivity index (χ1v) is 4.13. The van der Waals surface area contributed by atoms with Gasteiger partial charge in [-0.3, -0.25) is 4.98 Å². The van der Waals surface area contributed by atoms with Crippen LogP contribution in [0.15, 0.2) is 24.4 Å². The first-order valence-electron chi connectivity index (χ1n) is 4.13. The van der Waals surface area contributed by atoms with Gasteiger partial charge < -0.3 is 4.74 Å². The number of rotatable bonds is 1. The standard InChI is InChI=1S/C11H10NO.K/c1-8-4-3-5-9-10(13-2)6-7-12-11(8)9;/h3-5,7H,1-2H3;/q-1;+1. The normalized spacial score (nSPS) is 9.57. The number of aromatic nitrogens is 1. The quantitative estimate of drug-likeness (QED) is 0.462. The molecular weight excluding hydrogens is 201 g/mol. The van der Waals surface area contributed by atoms with Crippen LogP contribution < -0.4 is 56.1 Å². The van der Waals surface area contributed by atoms with Crippen LogP contribution in [0.4, 0.5) is 0 Å². The Balaban J connectivity index is 0.000000980. The molecule has 0 spiro atoms. The van der Waals surface area contributed by atoms with Crippen LogP contribution in [0.25, 0.3) is 10.9 Å². The van der Waals surface area contributed by atoms with E-state index in [9.17, 15) is 0 Å². The Morgan fingerprint density at radius 2 is 2.14 bits per heavy atom. The number of ether oxygens (including phenoxy) is 1. The number of methoxy groups -OCH3 is 1. The van der Waals surface area contributed by atoms with Gasteiger partial charge in [0.15, 0.2) is 0 Å². The Kier molecular flexibility index (Phi) is 4.54. The third-order valence-electron chi connectivity index (χ3n) is 2.08. The summed E-state index contributed by atoms with van der Waals surface area (Å²) >= 11 is 0. The SMILES string of the molecule is COc1[c-]cnc2c(C)cccc12.[K+]. The fraction of sp³-hybridized carbons (Fsp3) is 0.182. The first-order chi connectivity index (χ1) is 6.33. The topological polar surface area (TPSA) is 22.1 Å². The van der Waals surface area contributed by atoms with Gasteiger partial charge in [-0.1, -0.05) is 18.3 Å². The predicted octanol–water partition coefficient (Wildman–Crippen LogP) is -0.644. The van der Waals surface area contributed by atoms with E-state index in [1.807, 2.05) is 25.1 Å². The number of benzene rings is 1. The second-order valence-electron chi connectivity index (χ2n) is 2.91. The first kappa shape index (κ1) is 12.1. The van der Waals surface area contributed by atoms with Crippen molar-refractivity contribution in [1.29, 1.82) is 0 Å². The molecule has 0 aliphatic heterocycles. The molecule has 0 saturated heterocycles. The van der Waals surface area contributed by atoms with Crippen molar-refractivity contribution in [3.05, 3.63) is 36.0 Å². The molecular formula is C11H10KNO. The van der Waals surface area contributed by atoms with Crippen molar-refractivity contribution in [3.8, 4) is 5.75 Å². The average molecular weight is 211 g/mol. The zero-order valence-electron chi connectivity index (χ0n) is 8.66. The zero-order chi connectivity index (χ0) is 9.26. The Morgan fingerprint density at radius 3 is 2.86 bits per heavy atom. The number of nitrogens with zero attached hydrogens (tertiary/aromatic N) is 1. The maximum absolute atomic E-state index is 5.19. The van der Waals surface area contributed by atoms with Gasteiger partial charge >= 0.3 is 51.4 Å². The number of fused-ring (bicyclic) bond motifs is 1. The molecule has 0 saturated carbocycles. The minimum atomic E-state index is 0. The summed E-state index contributed by atoms with van der Waals surface area (Å²) in [7, 11) is 1.65. The van der Waals surface area contributed by atoms with Crippen molar-refractivity contribution in [2.24, 2.45) is 0 Å². The van der Waals surface area contributed by atoms with Crippen LogP contribution in [0.1, 0.15) is 5.56 Å². The molecule has 3 heteroatoms. The summed E-state index contributed by atoms with van der Waals surface area (Å²) in [5, 5.41) is 1.02. The molecule has 0 atom stereocenters. The smallest absolute Gasteiger partial charge is 0.534 e. The monoisotopic (exact) mass is 211 g/mol. The molecule has 0 amide bonds. The van der Waals surface area contributed by atoms with Gasteiger partial charge in [-0.2, -0.15) is 6.07 Å². The van der Waals surface area contributed by atoms with E-state index < -0.39 is 0 Å². The molecule has 0 N–H and O–H groups in total. The number of aryl methyl sites for hydroxylation is 1. The Hall–Kier alpha value is 0.0664. The molecule has 1 heterocycles. The van der Waals surface area contributed by atoms with Crippen molar-refractivity contribution in [3.63, 3.8) is 0 Å². The molecule has 0 fully saturated rings. The fourth-order valence-corrected chi connectivity index (χ4v) is 1.42. The van der Waals surface area contributed by atoms with Crippen molar-refractivity contribution in [2.75, 3.05) is 7.11 Å². The minimum Gasteiger partial charge on any atom is -0.534 e. The third-order valence-corrected chi connectivity index (χ3v) is 2.08. The summed E-state index contributed by atoms with van der Waals surface area (Å²) in [6.07, 6.45) is 1.65. The summed E-state index contributed by atoms with van der Waals surface area (Å²) in [4.78, 5) is 4.25. The zero-order valence-corrected chi connectivity index (χ0v) is 11.8. The van der Waals surface area contributed by atoms with E-state index in [1.54, 1.807) is 13.3 Å². The summed E-state index contributed by atoms with van der Waals surface area (Å²) in [6.45, 7) is 2.04. The van der Waals surface area contributed by atoms with Crippen LogP contribution in [0.2, 0.25) is 0 Å². The van der Waals surface area contributed by atoms with Crippen LogP contribution in [-0.2, 0) is 0 Å². The molecule has 0 bridgehead atoms. The maximum atomic E-state index is 5.19. The van der Waals surface area contributed by atoms with Gasteiger partial charge in [0.1, 0.15) is 0 Å². The van der Waals surface area contributed by atoms with Crippen molar-refractivity contribution in [1.82, 2.24) is 4.98 Å². The molecule has 66 valence electrons. The van der Waals surface area contributed by atoms with E-state index in [1.165, 1.54) is 0 Å². The van der Waals surface area contributed by atoms with E-state index in [4.69, 9.17) is 4.74 Å². The van der Waals surface area contributed by atoms with Crippen molar-refractivity contribution >= 4 is 10.9 Å². The van der Waals surface area contributed by atoms with Crippen molar-refractivity contribution in [2.45, 2.75) is 6.92 Å². The molecule has 2 aromatic rings. The molecule has 14 heavy (non-hydrogen) atoms. The van der Waals surface area contributed by atoms with Crippen LogP contribution in [0, 0.1) is 13.0 Å². The summed E-state index contributed by atoms with van der Waals surface area (Å²) in [5.41, 5.74) is 2.14. The van der Waals surface area contributed by atoms with Gasteiger partial charge in [0.2, 0.25) is 0 Å². The minimum absolute atomic E-state index is 0. The maximum Gasteiger partial charge on any atom is 1.00 e. The van der Waals surface area contributed by atoms with Gasteiger partial charge in [-0.25, -0.2) is 0 Å². The molecule has 0 aliphatic carbocycles. The third kappa shape index (κ3) is 2.17. The molecule has 0 aliphatic rings. The number of hydrogen-bond acceptors (Lipinski definition) is 2. The Morgan fingerprint density at radius 1 is 1.36 bits per heavy atom. The second kappa shape index (κ2) is 5.23. The molecule has 0 unspecified atom stereocenters. The van der Waals surface area contributed by atoms with Crippen LogP contribution >= 0.6 is 0 Å². The predicted molar refractivity (Wildman–Crippen MR) is 51.9 cm³/mol. The van der Waals surface area contributed by atoms with Gasteiger partial charge in [0.25, 0.3) is 0 Å². The average Bonchev–Trinajstić information content (AvgIpc) is 2.18.